The van der Waals surface area contributed by atoms with Gasteiger partial charge in [-0.1, -0.05) is 57.2 Å². The molecule has 78 heavy (non-hydrogen) atoms. The van der Waals surface area contributed by atoms with Crippen molar-refractivity contribution in [1.82, 2.24) is 46.1 Å². The number of para-hydroxylation sites is 1. The minimum atomic E-state index is -0.945. The molecule has 0 radical (unpaired) electrons. The second-order valence-corrected chi connectivity index (χ2v) is 21.2. The molecule has 4 atom stereocenters. The van der Waals surface area contributed by atoms with Crippen molar-refractivity contribution in [2.45, 2.75) is 91.5 Å². The first kappa shape index (κ1) is 55.7. The topological polar surface area (TPSA) is 262 Å². The predicted octanol–water partition coefficient (Wildman–Crippen LogP) is 7.84. The monoisotopic (exact) mass is 1080 g/mol. The molecule has 20 heteroatoms. The van der Waals surface area contributed by atoms with Crippen LogP contribution in [0.3, 0.4) is 0 Å². The summed E-state index contributed by atoms with van der Waals surface area (Å²) in [6.45, 7) is 11.1. The molecule has 1 aliphatic rings. The number of aliphatic hydroxyl groups is 1. The van der Waals surface area contributed by atoms with Crippen molar-refractivity contribution in [2.75, 3.05) is 36.9 Å². The molecule has 3 aromatic heterocycles. The maximum absolute atomic E-state index is 13.9. The van der Waals surface area contributed by atoms with Gasteiger partial charge in [0.05, 0.1) is 47.1 Å². The van der Waals surface area contributed by atoms with E-state index in [1.807, 2.05) is 101 Å². The number of unbranched alkanes of at least 4 members (excludes halogenated alkanes) is 2. The number of aromatic nitrogens is 4. The average molecular weight is 1080 g/mol. The highest BCUT2D eigenvalue weighted by Crippen LogP contribution is 2.36. The number of β-amino-alcohol motifs (C(OH)–C–C–N with tert-alkyl or cyclic N) is 1. The van der Waals surface area contributed by atoms with Crippen molar-refractivity contribution in [3.05, 3.63) is 137 Å². The Labute approximate surface area is 456 Å². The molecule has 0 unspecified atom stereocenters. The van der Waals surface area contributed by atoms with Crippen molar-refractivity contribution in [1.29, 1.82) is 0 Å². The van der Waals surface area contributed by atoms with Gasteiger partial charge in [-0.15, -0.1) is 11.3 Å². The number of benzene rings is 4. The highest BCUT2D eigenvalue weighted by atomic mass is 32.1. The lowest BCUT2D eigenvalue weighted by Gasteiger charge is -2.35. The van der Waals surface area contributed by atoms with Gasteiger partial charge in [0.25, 0.3) is 11.8 Å². The number of fused-ring (bicyclic) bond motifs is 1. The van der Waals surface area contributed by atoms with E-state index in [2.05, 4.69) is 51.8 Å². The van der Waals surface area contributed by atoms with Crippen LogP contribution in [0.5, 0.6) is 5.75 Å². The van der Waals surface area contributed by atoms with E-state index in [0.717, 1.165) is 50.3 Å². The third-order valence-electron chi connectivity index (χ3n) is 13.3. The largest absolute Gasteiger partial charge is 0.493 e. The standard InChI is InChI=1S/C58H65N11O8S/c1-34(65-56(75)48-27-42(71)31-69(48)57(76)53(58(4,5)6)66-36(3)70)43-22-21-39(52-35(2)64-33-78-52)25-49(43)77-24-11-7-10-23-59-51(72)30-61-54(73)37-17-19-38(20-18-37)55(74)68-41-14-12-13-40(26-41)67-50-28-47(62-32-63-50)45-29-60-46-16-9-8-15-44(45)46/h8-9,12-22,25-26,28-29,32-34,42,48,53,60,71H,7,10-11,23-24,27,30-31H2,1-6H3,(H,59,72)(H,61,73)(H,65,75)(H,66,70)(H,68,74)(H,62,63,67)/t34-,42+,48-,53+/m0/s1. The number of aryl methyl sites for hydroxylation is 1. The minimum Gasteiger partial charge on any atom is -0.493 e. The number of nitrogens with zero attached hydrogens (tertiary/aromatic N) is 4. The van der Waals surface area contributed by atoms with Crippen LogP contribution in [0, 0.1) is 12.3 Å². The third kappa shape index (κ3) is 14.1. The number of hydrogen-bond donors (Lipinski definition) is 8. The fraction of sp³-hybridized carbons (Fsp3) is 0.328. The molecule has 0 bridgehead atoms. The molecule has 8 rings (SSSR count). The van der Waals surface area contributed by atoms with Crippen LogP contribution in [0.1, 0.15) is 98.3 Å². The molecule has 406 valence electrons. The molecule has 8 N–H and O–H groups in total. The van der Waals surface area contributed by atoms with E-state index in [9.17, 15) is 33.9 Å². The van der Waals surface area contributed by atoms with Gasteiger partial charge in [0.2, 0.25) is 23.6 Å². The van der Waals surface area contributed by atoms with Crippen LogP contribution in [0.4, 0.5) is 17.2 Å². The molecule has 4 aromatic carbocycles. The molecule has 4 heterocycles. The van der Waals surface area contributed by atoms with Gasteiger partial charge in [-0.05, 0) is 98.7 Å². The summed E-state index contributed by atoms with van der Waals surface area (Å²) >= 11 is 1.51. The summed E-state index contributed by atoms with van der Waals surface area (Å²) in [5, 5.41) is 29.1. The molecule has 19 nitrogen and oxygen atoms in total. The highest BCUT2D eigenvalue weighted by molar-refractivity contribution is 7.13. The number of H-pyrrole nitrogens is 1. The molecule has 6 amide bonds. The van der Waals surface area contributed by atoms with Crippen molar-refractivity contribution >= 4 is 74.9 Å². The molecule has 1 saturated heterocycles. The molecule has 7 aromatic rings. The van der Waals surface area contributed by atoms with Gasteiger partial charge in [0.15, 0.2) is 0 Å². The second-order valence-electron chi connectivity index (χ2n) is 20.4. The maximum atomic E-state index is 13.9. The normalized spacial score (nSPS) is 15.0. The molecule has 1 aliphatic heterocycles. The first-order chi connectivity index (χ1) is 37.4. The zero-order valence-electron chi connectivity index (χ0n) is 44.4. The summed E-state index contributed by atoms with van der Waals surface area (Å²) in [6.07, 6.45) is 4.61. The molecular weight excluding hydrogens is 1010 g/mol. The van der Waals surface area contributed by atoms with E-state index >= 15 is 0 Å². The van der Waals surface area contributed by atoms with Gasteiger partial charge in [0.1, 0.15) is 30.0 Å². The second kappa shape index (κ2) is 25.1. The number of rotatable bonds is 21. The molecule has 0 saturated carbocycles. The zero-order valence-corrected chi connectivity index (χ0v) is 45.3. The van der Waals surface area contributed by atoms with E-state index in [1.165, 1.54) is 41.6 Å². The summed E-state index contributed by atoms with van der Waals surface area (Å²) in [5.41, 5.74) is 8.24. The Morgan fingerprint density at radius 3 is 2.35 bits per heavy atom. The number of hydrogen-bond acceptors (Lipinski definition) is 13. The van der Waals surface area contributed by atoms with E-state index in [-0.39, 0.29) is 42.8 Å². The Bertz CT molecular complexity index is 3300. The summed E-state index contributed by atoms with van der Waals surface area (Å²) in [6, 6.07) is 26.6. The first-order valence-corrected chi connectivity index (χ1v) is 26.7. The van der Waals surface area contributed by atoms with Gasteiger partial charge < -0.3 is 51.6 Å². The van der Waals surface area contributed by atoms with Crippen LogP contribution in [-0.4, -0.2) is 110 Å². The fourth-order valence-electron chi connectivity index (χ4n) is 9.24. The number of thiazole rings is 1. The SMILES string of the molecule is CC(=O)N[C@H](C(=O)N1C[C@H](O)C[C@H]1C(=O)N[C@@H](C)c1ccc(-c2scnc2C)cc1OCCCCCNC(=O)CNC(=O)c1ccc(C(=O)Nc2cccc(Nc3cc(-c4c[nH]c5ccccc45)ncn3)c2)cc1)C(C)(C)C. The van der Waals surface area contributed by atoms with Gasteiger partial charge in [-0.25, -0.2) is 15.0 Å². The van der Waals surface area contributed by atoms with Crippen LogP contribution >= 0.6 is 11.3 Å². The molecule has 1 fully saturated rings. The number of aliphatic hydroxyl groups excluding tert-OH is 1. The summed E-state index contributed by atoms with van der Waals surface area (Å²) in [7, 11) is 0. The minimum absolute atomic E-state index is 0.0325. The smallest absolute Gasteiger partial charge is 0.255 e. The maximum Gasteiger partial charge on any atom is 0.255 e. The Morgan fingerprint density at radius 2 is 1.60 bits per heavy atom. The highest BCUT2D eigenvalue weighted by Gasteiger charge is 2.44. The van der Waals surface area contributed by atoms with Crippen molar-refractivity contribution < 1.29 is 38.6 Å². The first-order valence-electron chi connectivity index (χ1n) is 25.9. The summed E-state index contributed by atoms with van der Waals surface area (Å²) < 4.78 is 6.38. The Morgan fingerprint density at radius 1 is 0.846 bits per heavy atom. The van der Waals surface area contributed by atoms with E-state index in [0.29, 0.717) is 54.5 Å². The Hall–Kier alpha value is -8.49. The van der Waals surface area contributed by atoms with Crippen molar-refractivity contribution in [3.8, 4) is 27.4 Å². The number of amides is 6. The van der Waals surface area contributed by atoms with Gasteiger partial charge in [-0.2, -0.15) is 0 Å². The van der Waals surface area contributed by atoms with Gasteiger partial charge in [-0.3, -0.25) is 28.8 Å². The number of likely N-dealkylation sites (tertiary alicyclic amines) is 1. The van der Waals surface area contributed by atoms with Crippen LogP contribution < -0.4 is 36.6 Å². The number of carbonyl (C=O) groups is 6. The van der Waals surface area contributed by atoms with Crippen LogP contribution in [-0.2, 0) is 19.2 Å². The Kier molecular flexibility index (Phi) is 17.9. The number of ether oxygens (including phenoxy) is 1. The van der Waals surface area contributed by atoms with E-state index < -0.39 is 47.4 Å². The van der Waals surface area contributed by atoms with E-state index in [1.54, 1.807) is 29.8 Å². The van der Waals surface area contributed by atoms with Crippen molar-refractivity contribution in [3.63, 3.8) is 0 Å². The summed E-state index contributed by atoms with van der Waals surface area (Å²) in [5.74, 6) is -1.26. The molecular formula is C58H65N11O8S. The quantitative estimate of drug-likeness (QED) is 0.0320. The lowest BCUT2D eigenvalue weighted by atomic mass is 9.85. The van der Waals surface area contributed by atoms with Crippen LogP contribution in [0.15, 0.2) is 115 Å². The zero-order chi connectivity index (χ0) is 55.5. The lowest BCUT2D eigenvalue weighted by molar-refractivity contribution is -0.144. The predicted molar refractivity (Wildman–Crippen MR) is 300 cm³/mol. The van der Waals surface area contributed by atoms with Gasteiger partial charge >= 0.3 is 0 Å². The van der Waals surface area contributed by atoms with Crippen molar-refractivity contribution in [2.24, 2.45) is 5.41 Å². The number of nitrogens with one attached hydrogen (secondary N) is 7. The van der Waals surface area contributed by atoms with Gasteiger partial charge in [0, 0.05) is 83.2 Å². The van der Waals surface area contributed by atoms with Crippen LogP contribution in [0.2, 0.25) is 0 Å². The lowest BCUT2D eigenvalue weighted by Crippen LogP contribution is -2.57. The molecule has 0 spiro atoms. The number of aromatic amines is 1. The Balaban J connectivity index is 0.768. The molecule has 0 aliphatic carbocycles. The van der Waals surface area contributed by atoms with Crippen LogP contribution in [0.25, 0.3) is 32.6 Å². The number of carbonyl (C=O) groups excluding carboxylic acids is 6. The fourth-order valence-corrected chi connectivity index (χ4v) is 10.0. The third-order valence-corrected chi connectivity index (χ3v) is 14.3. The average Bonchev–Trinajstić information content (AvgIpc) is 4.22. The summed E-state index contributed by atoms with van der Waals surface area (Å²) in [4.78, 5) is 97.5. The van der Waals surface area contributed by atoms with E-state index in [4.69, 9.17) is 4.74 Å². The number of anilines is 3.